The molecule has 0 unspecified atom stereocenters. The number of hydrogen-bond acceptors (Lipinski definition) is 6. The van der Waals surface area contributed by atoms with Gasteiger partial charge in [-0.05, 0) is 45.4 Å². The summed E-state index contributed by atoms with van der Waals surface area (Å²) >= 11 is 0. The molecule has 2 aromatic rings. The van der Waals surface area contributed by atoms with E-state index in [0.717, 1.165) is 15.6 Å². The Balaban J connectivity index is 2.17. The fourth-order valence-corrected chi connectivity index (χ4v) is 3.63. The smallest absolute Gasteiger partial charge is 0.246 e. The number of carbonyl (C=O) groups is 1. The Bertz CT molecular complexity index is 900. The average Bonchev–Trinajstić information content (AvgIpc) is 2.92. The monoisotopic (exact) mass is 395 g/mol. The summed E-state index contributed by atoms with van der Waals surface area (Å²) in [5, 5.41) is 6.60. The van der Waals surface area contributed by atoms with E-state index in [-0.39, 0.29) is 23.0 Å². The van der Waals surface area contributed by atoms with Crippen LogP contribution in [0.4, 0.5) is 5.69 Å². The fraction of sp³-hybridized carbons (Fsp3) is 0.444. The van der Waals surface area contributed by atoms with E-state index in [1.54, 1.807) is 26.0 Å². The lowest BCUT2D eigenvalue weighted by atomic mass is 10.1. The first-order valence-corrected chi connectivity index (χ1v) is 10.0. The van der Waals surface area contributed by atoms with Crippen molar-refractivity contribution in [1.82, 2.24) is 9.46 Å². The van der Waals surface area contributed by atoms with Crippen molar-refractivity contribution in [3.63, 3.8) is 0 Å². The summed E-state index contributed by atoms with van der Waals surface area (Å²) in [6.07, 6.45) is 0.721. The number of amides is 1. The van der Waals surface area contributed by atoms with Crippen LogP contribution >= 0.6 is 0 Å². The number of nitrogens with zero attached hydrogens (tertiary/aromatic N) is 2. The quantitative estimate of drug-likeness (QED) is 0.737. The average molecular weight is 395 g/mol. The molecule has 8 nitrogen and oxygen atoms in total. The number of rotatable bonds is 8. The molecule has 1 amide bonds. The van der Waals surface area contributed by atoms with E-state index in [0.29, 0.717) is 24.5 Å². The second-order valence-corrected chi connectivity index (χ2v) is 8.35. The minimum atomic E-state index is -3.71. The van der Waals surface area contributed by atoms with E-state index in [2.05, 4.69) is 10.5 Å². The zero-order valence-electron chi connectivity index (χ0n) is 16.2. The van der Waals surface area contributed by atoms with Crippen molar-refractivity contribution in [1.29, 1.82) is 0 Å². The molecule has 0 radical (unpaired) electrons. The maximum Gasteiger partial charge on any atom is 0.246 e. The Morgan fingerprint density at radius 3 is 2.56 bits per heavy atom. The van der Waals surface area contributed by atoms with Gasteiger partial charge in [0.15, 0.2) is 0 Å². The molecule has 1 aromatic carbocycles. The standard InChI is InChI=1S/C18H25N3O5S/c1-6-25-16-9-7-14(11-17(16)27(23,24)21(4)5)19-18(22)10-8-15-12(2)20-26-13(15)3/h7,9,11H,6,8,10H2,1-5H3,(H,19,22). The molecule has 148 valence electrons. The molecular formula is C18H25N3O5S. The molecule has 27 heavy (non-hydrogen) atoms. The number of aromatic nitrogens is 1. The molecule has 2 rings (SSSR count). The molecule has 0 bridgehead atoms. The molecule has 1 aromatic heterocycles. The van der Waals surface area contributed by atoms with Gasteiger partial charge in [-0.2, -0.15) is 0 Å². The van der Waals surface area contributed by atoms with E-state index in [1.165, 1.54) is 20.2 Å². The number of ether oxygens (including phenoxy) is 1. The molecule has 0 saturated carbocycles. The molecule has 0 fully saturated rings. The Hall–Kier alpha value is -2.39. The third-order valence-electron chi connectivity index (χ3n) is 4.07. The third-order valence-corrected chi connectivity index (χ3v) is 5.91. The lowest BCUT2D eigenvalue weighted by Gasteiger charge is -2.16. The maximum absolute atomic E-state index is 12.5. The highest BCUT2D eigenvalue weighted by Gasteiger charge is 2.23. The Morgan fingerprint density at radius 1 is 1.30 bits per heavy atom. The fourth-order valence-electron chi connectivity index (χ4n) is 2.58. The van der Waals surface area contributed by atoms with Crippen molar-refractivity contribution in [3.8, 4) is 5.75 Å². The van der Waals surface area contributed by atoms with Crippen molar-refractivity contribution in [2.75, 3.05) is 26.0 Å². The zero-order valence-corrected chi connectivity index (χ0v) is 17.0. The van der Waals surface area contributed by atoms with Crippen molar-refractivity contribution < 1.29 is 22.5 Å². The maximum atomic E-state index is 12.5. The van der Waals surface area contributed by atoms with E-state index in [1.807, 2.05) is 6.92 Å². The van der Waals surface area contributed by atoms with E-state index >= 15 is 0 Å². The molecule has 1 N–H and O–H groups in total. The summed E-state index contributed by atoms with van der Waals surface area (Å²) in [4.78, 5) is 12.3. The Kier molecular flexibility index (Phi) is 6.61. The van der Waals surface area contributed by atoms with Gasteiger partial charge in [0.05, 0.1) is 12.3 Å². The molecule has 1 heterocycles. The van der Waals surface area contributed by atoms with Crippen molar-refractivity contribution in [2.45, 2.75) is 38.5 Å². The molecule has 0 aliphatic carbocycles. The normalized spacial score (nSPS) is 11.6. The molecule has 0 atom stereocenters. The molecule has 0 spiro atoms. The number of carbonyl (C=O) groups excluding carboxylic acids is 1. The van der Waals surface area contributed by atoms with Crippen LogP contribution in [0.15, 0.2) is 27.6 Å². The second kappa shape index (κ2) is 8.53. The van der Waals surface area contributed by atoms with Gasteiger partial charge in [-0.25, -0.2) is 12.7 Å². The van der Waals surface area contributed by atoms with Gasteiger partial charge in [-0.1, -0.05) is 5.16 Å². The van der Waals surface area contributed by atoms with E-state index in [9.17, 15) is 13.2 Å². The van der Waals surface area contributed by atoms with Crippen LogP contribution < -0.4 is 10.1 Å². The van der Waals surface area contributed by atoms with Gasteiger partial charge in [0.1, 0.15) is 16.4 Å². The first kappa shape index (κ1) is 20.9. The van der Waals surface area contributed by atoms with Gasteiger partial charge in [0.2, 0.25) is 15.9 Å². The third kappa shape index (κ3) is 4.86. The predicted molar refractivity (Wildman–Crippen MR) is 101 cm³/mol. The van der Waals surface area contributed by atoms with Crippen LogP contribution in [0.5, 0.6) is 5.75 Å². The lowest BCUT2D eigenvalue weighted by molar-refractivity contribution is -0.116. The molecule has 0 aliphatic rings. The molecule has 0 aliphatic heterocycles. The Morgan fingerprint density at radius 2 is 2.00 bits per heavy atom. The van der Waals surface area contributed by atoms with Crippen molar-refractivity contribution in [3.05, 3.63) is 35.2 Å². The summed E-state index contributed by atoms with van der Waals surface area (Å²) in [7, 11) is -0.822. The Labute approximate surface area is 159 Å². The summed E-state index contributed by atoms with van der Waals surface area (Å²) in [5.74, 6) is 0.716. The van der Waals surface area contributed by atoms with Crippen LogP contribution in [-0.2, 0) is 21.2 Å². The van der Waals surface area contributed by atoms with Crippen LogP contribution in [0.3, 0.4) is 0 Å². The van der Waals surface area contributed by atoms with Gasteiger partial charge in [0, 0.05) is 31.8 Å². The molecular weight excluding hydrogens is 370 g/mol. The predicted octanol–water partition coefficient (Wildman–Crippen LogP) is 2.51. The van der Waals surface area contributed by atoms with E-state index in [4.69, 9.17) is 9.26 Å². The number of nitrogens with one attached hydrogen (secondary N) is 1. The SMILES string of the molecule is CCOc1ccc(NC(=O)CCc2c(C)noc2C)cc1S(=O)(=O)N(C)C. The number of benzene rings is 1. The van der Waals surface area contributed by atoms with E-state index < -0.39 is 10.0 Å². The highest BCUT2D eigenvalue weighted by atomic mass is 32.2. The highest BCUT2D eigenvalue weighted by molar-refractivity contribution is 7.89. The van der Waals surface area contributed by atoms with Gasteiger partial charge in [-0.3, -0.25) is 4.79 Å². The summed E-state index contributed by atoms with van der Waals surface area (Å²) in [5.41, 5.74) is 2.07. The van der Waals surface area contributed by atoms with Crippen molar-refractivity contribution in [2.24, 2.45) is 0 Å². The summed E-state index contributed by atoms with van der Waals surface area (Å²) in [6, 6.07) is 4.57. The van der Waals surface area contributed by atoms with Crippen LogP contribution in [0.2, 0.25) is 0 Å². The number of aryl methyl sites for hydroxylation is 2. The minimum Gasteiger partial charge on any atom is -0.492 e. The first-order chi connectivity index (χ1) is 12.7. The number of sulfonamides is 1. The molecule has 0 saturated heterocycles. The van der Waals surface area contributed by atoms with Crippen LogP contribution in [-0.4, -0.2) is 44.5 Å². The van der Waals surface area contributed by atoms with Gasteiger partial charge >= 0.3 is 0 Å². The second-order valence-electron chi connectivity index (χ2n) is 6.23. The topological polar surface area (TPSA) is 102 Å². The number of anilines is 1. The zero-order chi connectivity index (χ0) is 20.2. The van der Waals surface area contributed by atoms with Gasteiger partial charge in [-0.15, -0.1) is 0 Å². The largest absolute Gasteiger partial charge is 0.492 e. The molecule has 9 heteroatoms. The number of hydrogen-bond donors (Lipinski definition) is 1. The van der Waals surface area contributed by atoms with Crippen LogP contribution in [0.25, 0.3) is 0 Å². The van der Waals surface area contributed by atoms with Gasteiger partial charge in [0.25, 0.3) is 0 Å². The lowest BCUT2D eigenvalue weighted by Crippen LogP contribution is -2.23. The van der Waals surface area contributed by atoms with Crippen LogP contribution in [0, 0.1) is 13.8 Å². The first-order valence-electron chi connectivity index (χ1n) is 8.57. The van der Waals surface area contributed by atoms with Crippen LogP contribution in [0.1, 0.15) is 30.4 Å². The van der Waals surface area contributed by atoms with Gasteiger partial charge < -0.3 is 14.6 Å². The summed E-state index contributed by atoms with van der Waals surface area (Å²) < 4.78 is 36.7. The van der Waals surface area contributed by atoms with Crippen molar-refractivity contribution >= 4 is 21.6 Å². The highest BCUT2D eigenvalue weighted by Crippen LogP contribution is 2.29. The minimum absolute atomic E-state index is 0.0119. The summed E-state index contributed by atoms with van der Waals surface area (Å²) in [6.45, 7) is 5.74.